The van der Waals surface area contributed by atoms with Gasteiger partial charge in [-0.1, -0.05) is 35.9 Å². The number of fused-ring (bicyclic) bond motifs is 2. The summed E-state index contributed by atoms with van der Waals surface area (Å²) in [5, 5.41) is 6.67. The molecule has 0 aromatic heterocycles. The Bertz CT molecular complexity index is 985. The Hall–Kier alpha value is -2.24. The highest BCUT2D eigenvalue weighted by Crippen LogP contribution is 2.42. The zero-order valence-corrected chi connectivity index (χ0v) is 19.6. The van der Waals surface area contributed by atoms with E-state index in [1.165, 1.54) is 41.8 Å². The van der Waals surface area contributed by atoms with Crippen LogP contribution < -0.4 is 10.6 Å². The Balaban J connectivity index is 1.40. The smallest absolute Gasteiger partial charge is 0.251 e. The van der Waals surface area contributed by atoms with E-state index in [1.807, 2.05) is 19.1 Å². The van der Waals surface area contributed by atoms with Gasteiger partial charge in [-0.2, -0.15) is 0 Å². The van der Waals surface area contributed by atoms with E-state index >= 15 is 0 Å². The maximum Gasteiger partial charge on any atom is 0.251 e. The zero-order chi connectivity index (χ0) is 21.8. The first kappa shape index (κ1) is 22.0. The lowest BCUT2D eigenvalue weighted by atomic mass is 10.0. The van der Waals surface area contributed by atoms with Crippen molar-refractivity contribution in [2.45, 2.75) is 62.3 Å². The van der Waals surface area contributed by atoms with E-state index in [0.29, 0.717) is 18.2 Å². The Morgan fingerprint density at radius 1 is 1.23 bits per heavy atom. The average molecular weight is 436 g/mol. The van der Waals surface area contributed by atoms with Crippen LogP contribution in [-0.2, 0) is 0 Å². The summed E-state index contributed by atoms with van der Waals surface area (Å²) < 4.78 is 0. The SMILES string of the molecule is CC=C1Nc2cc(C(=O)NCCCN3CCCCC3C)ccc2Sc2ccc(C)cc21. The van der Waals surface area contributed by atoms with Gasteiger partial charge in [0, 0.05) is 45.7 Å². The summed E-state index contributed by atoms with van der Waals surface area (Å²) in [6.45, 7) is 9.45. The van der Waals surface area contributed by atoms with Gasteiger partial charge in [0.2, 0.25) is 0 Å². The number of hydrogen-bond donors (Lipinski definition) is 2. The third kappa shape index (κ3) is 5.16. The van der Waals surface area contributed by atoms with Gasteiger partial charge in [0.1, 0.15) is 0 Å². The third-order valence-corrected chi connectivity index (χ3v) is 7.44. The highest BCUT2D eigenvalue weighted by molar-refractivity contribution is 7.99. The average Bonchev–Trinajstić information content (AvgIpc) is 2.93. The van der Waals surface area contributed by atoms with Gasteiger partial charge in [-0.15, -0.1) is 0 Å². The maximum absolute atomic E-state index is 12.8. The van der Waals surface area contributed by atoms with Crippen LogP contribution in [0.3, 0.4) is 0 Å². The first-order valence-electron chi connectivity index (χ1n) is 11.4. The number of anilines is 1. The minimum atomic E-state index is 0.000858. The van der Waals surface area contributed by atoms with Crippen molar-refractivity contribution in [2.24, 2.45) is 0 Å². The van der Waals surface area contributed by atoms with Crippen LogP contribution in [0.1, 0.15) is 61.0 Å². The molecule has 164 valence electrons. The van der Waals surface area contributed by atoms with E-state index in [2.05, 4.69) is 59.7 Å². The molecule has 2 aliphatic rings. The Morgan fingerprint density at radius 2 is 2.06 bits per heavy atom. The summed E-state index contributed by atoms with van der Waals surface area (Å²) in [5.41, 5.74) is 5.22. The van der Waals surface area contributed by atoms with Crippen LogP contribution in [0, 0.1) is 6.92 Å². The molecule has 1 atom stereocenters. The molecule has 1 saturated heterocycles. The molecule has 0 bridgehead atoms. The van der Waals surface area contributed by atoms with Gasteiger partial charge in [-0.3, -0.25) is 4.79 Å². The first-order chi connectivity index (χ1) is 15.0. The molecule has 2 heterocycles. The van der Waals surface area contributed by atoms with Gasteiger partial charge >= 0.3 is 0 Å². The second-order valence-electron chi connectivity index (χ2n) is 8.63. The number of nitrogens with one attached hydrogen (secondary N) is 2. The minimum absolute atomic E-state index is 0.000858. The predicted octanol–water partition coefficient (Wildman–Crippen LogP) is 5.93. The van der Waals surface area contributed by atoms with Crippen LogP contribution in [0.5, 0.6) is 0 Å². The molecule has 2 aromatic carbocycles. The number of allylic oxidation sites excluding steroid dienone is 1. The molecule has 0 saturated carbocycles. The van der Waals surface area contributed by atoms with E-state index in [4.69, 9.17) is 0 Å². The molecule has 0 aliphatic carbocycles. The second-order valence-corrected chi connectivity index (χ2v) is 9.71. The molecule has 2 aromatic rings. The van der Waals surface area contributed by atoms with Crippen molar-refractivity contribution in [3.8, 4) is 0 Å². The fraction of sp³-hybridized carbons (Fsp3) is 0.423. The number of piperidine rings is 1. The largest absolute Gasteiger partial charge is 0.354 e. The van der Waals surface area contributed by atoms with Crippen molar-refractivity contribution in [3.05, 3.63) is 59.2 Å². The number of amides is 1. The molecule has 4 rings (SSSR count). The number of hydrogen-bond acceptors (Lipinski definition) is 4. The summed E-state index contributed by atoms with van der Waals surface area (Å²) in [4.78, 5) is 17.7. The Labute approximate surface area is 190 Å². The van der Waals surface area contributed by atoms with Crippen molar-refractivity contribution in [3.63, 3.8) is 0 Å². The number of carbonyl (C=O) groups excluding carboxylic acids is 1. The topological polar surface area (TPSA) is 44.4 Å². The van der Waals surface area contributed by atoms with Crippen LogP contribution in [-0.4, -0.2) is 36.5 Å². The number of likely N-dealkylation sites (tertiary alicyclic amines) is 1. The van der Waals surface area contributed by atoms with Crippen molar-refractivity contribution in [1.82, 2.24) is 10.2 Å². The molecule has 1 fully saturated rings. The summed E-state index contributed by atoms with van der Waals surface area (Å²) in [6.07, 6.45) is 7.03. The molecule has 2 aliphatic heterocycles. The number of aryl methyl sites for hydroxylation is 1. The van der Waals surface area contributed by atoms with Crippen LogP contribution in [0.25, 0.3) is 5.70 Å². The highest BCUT2D eigenvalue weighted by Gasteiger charge is 2.20. The van der Waals surface area contributed by atoms with E-state index in [1.54, 1.807) is 11.8 Å². The molecule has 0 radical (unpaired) electrons. The first-order valence-corrected chi connectivity index (χ1v) is 12.3. The standard InChI is InChI=1S/C26H33N3OS/c1-4-22-21-16-18(2)9-11-24(21)31-25-12-10-20(17-23(25)28-22)26(30)27-13-7-15-29-14-6-5-8-19(29)3/h4,9-12,16-17,19,28H,5-8,13-15H2,1-3H3,(H,27,30). The van der Waals surface area contributed by atoms with Gasteiger partial charge in [-0.05, 0) is 76.9 Å². The molecule has 1 amide bonds. The fourth-order valence-corrected chi connectivity index (χ4v) is 5.44. The van der Waals surface area contributed by atoms with Gasteiger partial charge in [-0.25, -0.2) is 0 Å². The molecule has 0 spiro atoms. The quantitative estimate of drug-likeness (QED) is 0.572. The normalized spacial score (nSPS) is 19.8. The van der Waals surface area contributed by atoms with E-state index < -0.39 is 0 Å². The highest BCUT2D eigenvalue weighted by atomic mass is 32.2. The van der Waals surface area contributed by atoms with Gasteiger partial charge in [0.05, 0.1) is 5.69 Å². The lowest BCUT2D eigenvalue weighted by Crippen LogP contribution is -2.39. The minimum Gasteiger partial charge on any atom is -0.354 e. The van der Waals surface area contributed by atoms with Crippen molar-refractivity contribution < 1.29 is 4.79 Å². The number of nitrogens with zero attached hydrogens (tertiary/aromatic N) is 1. The predicted molar refractivity (Wildman–Crippen MR) is 131 cm³/mol. The second kappa shape index (κ2) is 9.92. The fourth-order valence-electron chi connectivity index (χ4n) is 4.44. The van der Waals surface area contributed by atoms with Crippen molar-refractivity contribution in [1.29, 1.82) is 0 Å². The molecule has 31 heavy (non-hydrogen) atoms. The lowest BCUT2D eigenvalue weighted by molar-refractivity contribution is 0.0949. The van der Waals surface area contributed by atoms with Crippen LogP contribution in [0.15, 0.2) is 52.3 Å². The number of rotatable bonds is 5. The summed E-state index contributed by atoms with van der Waals surface area (Å²) >= 11 is 1.75. The number of carbonyl (C=O) groups is 1. The third-order valence-electron chi connectivity index (χ3n) is 6.29. The van der Waals surface area contributed by atoms with Crippen LogP contribution >= 0.6 is 11.8 Å². The summed E-state index contributed by atoms with van der Waals surface area (Å²) in [6, 6.07) is 13.2. The van der Waals surface area contributed by atoms with Gasteiger partial charge < -0.3 is 15.5 Å². The molecule has 4 nitrogen and oxygen atoms in total. The molecular weight excluding hydrogens is 402 g/mol. The van der Waals surface area contributed by atoms with Crippen LogP contribution in [0.4, 0.5) is 5.69 Å². The Kier molecular flexibility index (Phi) is 7.03. The van der Waals surface area contributed by atoms with Crippen LogP contribution in [0.2, 0.25) is 0 Å². The van der Waals surface area contributed by atoms with E-state index in [0.717, 1.165) is 29.2 Å². The van der Waals surface area contributed by atoms with Crippen molar-refractivity contribution in [2.75, 3.05) is 25.0 Å². The van der Waals surface area contributed by atoms with Crippen molar-refractivity contribution >= 4 is 29.1 Å². The molecule has 5 heteroatoms. The molecular formula is C26H33N3OS. The zero-order valence-electron chi connectivity index (χ0n) is 18.8. The summed E-state index contributed by atoms with van der Waals surface area (Å²) in [5.74, 6) is 0.000858. The molecule has 2 N–H and O–H groups in total. The number of benzene rings is 2. The Morgan fingerprint density at radius 3 is 2.87 bits per heavy atom. The monoisotopic (exact) mass is 435 g/mol. The van der Waals surface area contributed by atoms with E-state index in [9.17, 15) is 4.79 Å². The lowest BCUT2D eigenvalue weighted by Gasteiger charge is -2.33. The maximum atomic E-state index is 12.8. The van der Waals surface area contributed by atoms with Gasteiger partial charge in [0.25, 0.3) is 5.91 Å². The summed E-state index contributed by atoms with van der Waals surface area (Å²) in [7, 11) is 0. The van der Waals surface area contributed by atoms with E-state index in [-0.39, 0.29) is 5.91 Å². The van der Waals surface area contributed by atoms with Gasteiger partial charge in [0.15, 0.2) is 0 Å². The molecule has 1 unspecified atom stereocenters.